The molecule has 2 atom stereocenters. The first-order valence-electron chi connectivity index (χ1n) is 9.21. The molecule has 3 aromatic rings. The van der Waals surface area contributed by atoms with Crippen LogP contribution in [0.3, 0.4) is 0 Å². The number of benzene rings is 1. The fourth-order valence-electron chi connectivity index (χ4n) is 3.53. The second-order valence-corrected chi connectivity index (χ2v) is 7.98. The van der Waals surface area contributed by atoms with Crippen molar-refractivity contribution in [1.29, 1.82) is 0 Å². The van der Waals surface area contributed by atoms with Crippen LogP contribution >= 0.6 is 22.9 Å². The molecule has 0 bridgehead atoms. The number of aromatic nitrogens is 3. The standard InChI is InChI=1S/C19H19ClFN5O2S/c1-3-28-17-11(5-12(20)15(21)14(17)10-4-13(27)22-6-10)9(2)26-18-16-19(24-7-23-18)29-8-25-16/h5,7-10H,3-4,6H2,1-2H3,(H,22,27)(H,23,24,26)/t9-,10?/m0/s1. The molecule has 1 unspecified atom stereocenters. The SMILES string of the molecule is CCOc1c([C@H](C)Nc2ncnc3scnc23)cc(Cl)c(F)c1C1CNC(=O)C1. The molecule has 1 aliphatic rings. The molecular formula is C19H19ClFN5O2S. The number of anilines is 1. The van der Waals surface area contributed by atoms with Crippen molar-refractivity contribution in [3.8, 4) is 5.75 Å². The number of carbonyl (C=O) groups is 1. The van der Waals surface area contributed by atoms with Crippen molar-refractivity contribution in [2.45, 2.75) is 32.2 Å². The molecule has 1 amide bonds. The van der Waals surface area contributed by atoms with Crippen LogP contribution in [-0.2, 0) is 4.79 Å². The van der Waals surface area contributed by atoms with E-state index in [0.29, 0.717) is 41.4 Å². The first-order valence-corrected chi connectivity index (χ1v) is 10.5. The van der Waals surface area contributed by atoms with Gasteiger partial charge < -0.3 is 15.4 Å². The number of nitrogens with one attached hydrogen (secondary N) is 2. The summed E-state index contributed by atoms with van der Waals surface area (Å²) in [5, 5.41) is 6.05. The Kier molecular flexibility index (Phi) is 5.51. The molecule has 0 aliphatic carbocycles. The highest BCUT2D eigenvalue weighted by Gasteiger charge is 2.32. The van der Waals surface area contributed by atoms with E-state index < -0.39 is 5.82 Å². The molecule has 1 fully saturated rings. The number of thiazole rings is 1. The summed E-state index contributed by atoms with van der Waals surface area (Å²) in [6.07, 6.45) is 1.67. The minimum Gasteiger partial charge on any atom is -0.493 e. The van der Waals surface area contributed by atoms with E-state index in [2.05, 4.69) is 25.6 Å². The molecule has 0 spiro atoms. The van der Waals surface area contributed by atoms with Gasteiger partial charge >= 0.3 is 0 Å². The molecule has 152 valence electrons. The Labute approximate surface area is 175 Å². The van der Waals surface area contributed by atoms with E-state index in [1.54, 1.807) is 11.6 Å². The van der Waals surface area contributed by atoms with Crippen LogP contribution in [0.4, 0.5) is 10.2 Å². The maximum absolute atomic E-state index is 15.0. The van der Waals surface area contributed by atoms with Crippen molar-refractivity contribution in [1.82, 2.24) is 20.3 Å². The third-order valence-electron chi connectivity index (χ3n) is 4.86. The van der Waals surface area contributed by atoms with E-state index in [4.69, 9.17) is 16.3 Å². The van der Waals surface area contributed by atoms with E-state index in [1.165, 1.54) is 17.7 Å². The number of hydrogen-bond donors (Lipinski definition) is 2. The third-order valence-corrected chi connectivity index (χ3v) is 5.87. The van der Waals surface area contributed by atoms with Gasteiger partial charge in [-0.15, -0.1) is 11.3 Å². The smallest absolute Gasteiger partial charge is 0.220 e. The van der Waals surface area contributed by atoms with Crippen LogP contribution in [0.1, 0.15) is 43.4 Å². The lowest BCUT2D eigenvalue weighted by Crippen LogP contribution is -2.16. The lowest BCUT2D eigenvalue weighted by molar-refractivity contribution is -0.119. The highest BCUT2D eigenvalue weighted by atomic mass is 35.5. The second-order valence-electron chi connectivity index (χ2n) is 6.74. The van der Waals surface area contributed by atoms with Gasteiger partial charge in [-0.3, -0.25) is 4.79 Å². The summed E-state index contributed by atoms with van der Waals surface area (Å²) in [7, 11) is 0. The Bertz CT molecular complexity index is 1080. The molecule has 4 rings (SSSR count). The van der Waals surface area contributed by atoms with Crippen LogP contribution in [0.15, 0.2) is 17.9 Å². The number of ether oxygens (including phenoxy) is 1. The normalized spacial score (nSPS) is 17.4. The number of halogens is 2. The fraction of sp³-hybridized carbons (Fsp3) is 0.368. The zero-order valence-corrected chi connectivity index (χ0v) is 17.4. The van der Waals surface area contributed by atoms with Crippen LogP contribution in [-0.4, -0.2) is 34.0 Å². The number of hydrogen-bond acceptors (Lipinski definition) is 7. The van der Waals surface area contributed by atoms with Gasteiger partial charge in [0, 0.05) is 30.0 Å². The average Bonchev–Trinajstić information content (AvgIpc) is 3.34. The van der Waals surface area contributed by atoms with Crippen molar-refractivity contribution in [2.75, 3.05) is 18.5 Å². The second kappa shape index (κ2) is 8.08. The highest BCUT2D eigenvalue weighted by molar-refractivity contribution is 7.16. The minimum atomic E-state index is -0.545. The van der Waals surface area contributed by atoms with Gasteiger partial charge in [0.25, 0.3) is 0 Å². The molecular weight excluding hydrogens is 417 g/mol. The first-order chi connectivity index (χ1) is 14.0. The van der Waals surface area contributed by atoms with Gasteiger partial charge in [-0.1, -0.05) is 11.6 Å². The summed E-state index contributed by atoms with van der Waals surface area (Å²) in [4.78, 5) is 25.3. The molecule has 0 saturated carbocycles. The number of carbonyl (C=O) groups excluding carboxylic acids is 1. The van der Waals surface area contributed by atoms with E-state index in [9.17, 15) is 4.79 Å². The van der Waals surface area contributed by atoms with E-state index in [-0.39, 0.29) is 29.3 Å². The lowest BCUT2D eigenvalue weighted by Gasteiger charge is -2.24. The Morgan fingerprint density at radius 3 is 3.00 bits per heavy atom. The lowest BCUT2D eigenvalue weighted by atomic mass is 9.92. The van der Waals surface area contributed by atoms with E-state index in [0.717, 1.165) is 4.83 Å². The predicted octanol–water partition coefficient (Wildman–Crippen LogP) is 4.05. The summed E-state index contributed by atoms with van der Waals surface area (Å²) >= 11 is 7.65. The minimum absolute atomic E-state index is 0.00653. The Balaban J connectivity index is 1.76. The largest absolute Gasteiger partial charge is 0.493 e. The van der Waals surface area contributed by atoms with Crippen molar-refractivity contribution in [3.63, 3.8) is 0 Å². The van der Waals surface area contributed by atoms with Gasteiger partial charge in [0.2, 0.25) is 5.91 Å². The van der Waals surface area contributed by atoms with Crippen molar-refractivity contribution in [3.05, 3.63) is 39.9 Å². The monoisotopic (exact) mass is 435 g/mol. The van der Waals surface area contributed by atoms with Crippen molar-refractivity contribution < 1.29 is 13.9 Å². The maximum Gasteiger partial charge on any atom is 0.220 e. The summed E-state index contributed by atoms with van der Waals surface area (Å²) in [5.41, 5.74) is 3.40. The number of fused-ring (bicyclic) bond motifs is 1. The first kappa shape index (κ1) is 19.8. The number of amides is 1. The summed E-state index contributed by atoms with van der Waals surface area (Å²) in [5.74, 6) is -0.00339. The van der Waals surface area contributed by atoms with E-state index >= 15 is 4.39 Å². The van der Waals surface area contributed by atoms with Gasteiger partial charge in [-0.05, 0) is 19.9 Å². The zero-order chi connectivity index (χ0) is 20.5. The molecule has 1 saturated heterocycles. The van der Waals surface area contributed by atoms with Gasteiger partial charge in [0.15, 0.2) is 5.82 Å². The van der Waals surface area contributed by atoms with Gasteiger partial charge in [0.05, 0.1) is 23.2 Å². The molecule has 1 aromatic carbocycles. The molecule has 0 radical (unpaired) electrons. The van der Waals surface area contributed by atoms with Crippen LogP contribution in [0.2, 0.25) is 5.02 Å². The van der Waals surface area contributed by atoms with Gasteiger partial charge in [-0.2, -0.15) is 0 Å². The quantitative estimate of drug-likeness (QED) is 0.607. The van der Waals surface area contributed by atoms with E-state index in [1.807, 2.05) is 13.8 Å². The predicted molar refractivity (Wildman–Crippen MR) is 110 cm³/mol. The topological polar surface area (TPSA) is 89.0 Å². The average molecular weight is 436 g/mol. The third kappa shape index (κ3) is 3.72. The molecule has 3 heterocycles. The van der Waals surface area contributed by atoms with Crippen molar-refractivity contribution in [2.24, 2.45) is 0 Å². The number of nitrogens with zero attached hydrogens (tertiary/aromatic N) is 3. The number of rotatable bonds is 6. The molecule has 2 aromatic heterocycles. The summed E-state index contributed by atoms with van der Waals surface area (Å²) in [6, 6.07) is 1.26. The van der Waals surface area contributed by atoms with Crippen LogP contribution < -0.4 is 15.4 Å². The van der Waals surface area contributed by atoms with Gasteiger partial charge in [0.1, 0.15) is 28.2 Å². The molecule has 2 N–H and O–H groups in total. The van der Waals surface area contributed by atoms with Crippen LogP contribution in [0.25, 0.3) is 10.3 Å². The zero-order valence-electron chi connectivity index (χ0n) is 15.8. The van der Waals surface area contributed by atoms with Crippen LogP contribution in [0.5, 0.6) is 5.75 Å². The molecule has 29 heavy (non-hydrogen) atoms. The molecule has 1 aliphatic heterocycles. The summed E-state index contributed by atoms with van der Waals surface area (Å²) < 4.78 is 20.9. The fourth-order valence-corrected chi connectivity index (χ4v) is 4.38. The van der Waals surface area contributed by atoms with Crippen molar-refractivity contribution >= 4 is 45.0 Å². The Morgan fingerprint density at radius 1 is 1.45 bits per heavy atom. The van der Waals surface area contributed by atoms with Crippen LogP contribution in [0, 0.1) is 5.82 Å². The highest BCUT2D eigenvalue weighted by Crippen LogP contribution is 2.42. The summed E-state index contributed by atoms with van der Waals surface area (Å²) in [6.45, 7) is 4.45. The molecule has 7 nitrogen and oxygen atoms in total. The van der Waals surface area contributed by atoms with Gasteiger partial charge in [-0.25, -0.2) is 19.3 Å². The maximum atomic E-state index is 15.0. The Morgan fingerprint density at radius 2 is 2.28 bits per heavy atom. The Hall–Kier alpha value is -2.52. The molecule has 10 heteroatoms.